The van der Waals surface area contributed by atoms with Crippen molar-refractivity contribution < 1.29 is 9.53 Å². The topological polar surface area (TPSA) is 73.1 Å². The zero-order valence-corrected chi connectivity index (χ0v) is 12.0. The van der Waals surface area contributed by atoms with Gasteiger partial charge in [0, 0.05) is 25.4 Å². The first kappa shape index (κ1) is 13.8. The zero-order chi connectivity index (χ0) is 14.7. The van der Waals surface area contributed by atoms with Gasteiger partial charge in [0.1, 0.15) is 12.6 Å². The van der Waals surface area contributed by atoms with Crippen LogP contribution in [0.3, 0.4) is 0 Å². The van der Waals surface area contributed by atoms with Crippen LogP contribution in [0.15, 0.2) is 30.9 Å². The van der Waals surface area contributed by atoms with Crippen LogP contribution in [0.2, 0.25) is 5.02 Å². The highest BCUT2D eigenvalue weighted by Crippen LogP contribution is 2.16. The van der Waals surface area contributed by atoms with Gasteiger partial charge in [-0.3, -0.25) is 9.48 Å². The fourth-order valence-corrected chi connectivity index (χ4v) is 2.29. The van der Waals surface area contributed by atoms with E-state index in [0.29, 0.717) is 18.1 Å². The molecule has 2 aromatic rings. The summed E-state index contributed by atoms with van der Waals surface area (Å²) in [6.45, 7) is 1.45. The standard InChI is InChI=1S/C13H14ClN5O2/c14-10-6-15-13(16-7-10)21-11-2-5-18(8-11)12(20)9-19-4-1-3-17-19/h1,3-4,6-7,11H,2,5,8-9H2/t11-/m0/s1. The van der Waals surface area contributed by atoms with Crippen LogP contribution in [0.5, 0.6) is 6.01 Å². The van der Waals surface area contributed by atoms with Gasteiger partial charge >= 0.3 is 6.01 Å². The Balaban J connectivity index is 1.53. The van der Waals surface area contributed by atoms with Crippen LogP contribution in [0.1, 0.15) is 6.42 Å². The van der Waals surface area contributed by atoms with Gasteiger partial charge in [-0.15, -0.1) is 0 Å². The molecule has 0 aliphatic carbocycles. The van der Waals surface area contributed by atoms with Gasteiger partial charge in [0.25, 0.3) is 0 Å². The van der Waals surface area contributed by atoms with Crippen molar-refractivity contribution in [1.29, 1.82) is 0 Å². The monoisotopic (exact) mass is 307 g/mol. The molecule has 0 bridgehead atoms. The number of hydrogen-bond acceptors (Lipinski definition) is 5. The Hall–Kier alpha value is -2.15. The molecular weight excluding hydrogens is 294 g/mol. The minimum Gasteiger partial charge on any atom is -0.458 e. The van der Waals surface area contributed by atoms with Crippen molar-refractivity contribution >= 4 is 17.5 Å². The van der Waals surface area contributed by atoms with Crippen molar-refractivity contribution in [2.24, 2.45) is 0 Å². The molecule has 1 aliphatic heterocycles. The third kappa shape index (κ3) is 3.49. The molecule has 1 fully saturated rings. The molecule has 1 amide bonds. The van der Waals surface area contributed by atoms with Crippen LogP contribution < -0.4 is 4.74 Å². The molecule has 0 unspecified atom stereocenters. The number of rotatable bonds is 4. The average molecular weight is 308 g/mol. The molecule has 7 nitrogen and oxygen atoms in total. The van der Waals surface area contributed by atoms with E-state index in [2.05, 4.69) is 15.1 Å². The van der Waals surface area contributed by atoms with Crippen LogP contribution >= 0.6 is 11.6 Å². The maximum atomic E-state index is 12.1. The molecule has 3 heterocycles. The molecule has 0 saturated carbocycles. The summed E-state index contributed by atoms with van der Waals surface area (Å²) in [5, 5.41) is 4.49. The first-order valence-electron chi connectivity index (χ1n) is 6.60. The SMILES string of the molecule is O=C(Cn1cccn1)N1CC[C@H](Oc2ncc(Cl)cn2)C1. The van der Waals surface area contributed by atoms with Gasteiger partial charge in [-0.1, -0.05) is 11.6 Å². The molecule has 1 atom stereocenters. The predicted molar refractivity (Wildman–Crippen MR) is 74.9 cm³/mol. The van der Waals surface area contributed by atoms with E-state index in [0.717, 1.165) is 6.42 Å². The molecule has 0 N–H and O–H groups in total. The Labute approximate surface area is 126 Å². The van der Waals surface area contributed by atoms with Gasteiger partial charge in [-0.2, -0.15) is 5.10 Å². The molecule has 8 heteroatoms. The smallest absolute Gasteiger partial charge is 0.316 e. The molecule has 1 aliphatic rings. The minimum absolute atomic E-state index is 0.0295. The lowest BCUT2D eigenvalue weighted by atomic mass is 10.3. The second-order valence-electron chi connectivity index (χ2n) is 4.76. The number of hydrogen-bond donors (Lipinski definition) is 0. The molecule has 21 heavy (non-hydrogen) atoms. The third-order valence-corrected chi connectivity index (χ3v) is 3.42. The van der Waals surface area contributed by atoms with E-state index >= 15 is 0 Å². The van der Waals surface area contributed by atoms with E-state index in [1.165, 1.54) is 12.4 Å². The Bertz CT molecular complexity index is 602. The highest BCUT2D eigenvalue weighted by Gasteiger charge is 2.28. The molecule has 2 aromatic heterocycles. The summed E-state index contributed by atoms with van der Waals surface area (Å²) in [6, 6.07) is 2.08. The Morgan fingerprint density at radius 3 is 2.95 bits per heavy atom. The molecule has 0 radical (unpaired) electrons. The van der Waals surface area contributed by atoms with E-state index in [1.54, 1.807) is 28.0 Å². The van der Waals surface area contributed by atoms with Gasteiger partial charge in [-0.25, -0.2) is 9.97 Å². The maximum absolute atomic E-state index is 12.1. The Kier molecular flexibility index (Phi) is 4.01. The lowest BCUT2D eigenvalue weighted by Gasteiger charge is -2.16. The van der Waals surface area contributed by atoms with E-state index < -0.39 is 0 Å². The number of ether oxygens (including phenoxy) is 1. The summed E-state index contributed by atoms with van der Waals surface area (Å²) in [6.07, 6.45) is 7.06. The largest absolute Gasteiger partial charge is 0.458 e. The molecule has 1 saturated heterocycles. The van der Waals surface area contributed by atoms with Gasteiger partial charge in [0.2, 0.25) is 5.91 Å². The van der Waals surface area contributed by atoms with Crippen LogP contribution in [0.4, 0.5) is 0 Å². The first-order valence-corrected chi connectivity index (χ1v) is 6.98. The summed E-state index contributed by atoms with van der Waals surface area (Å²) in [4.78, 5) is 21.9. The lowest BCUT2D eigenvalue weighted by molar-refractivity contribution is -0.131. The van der Waals surface area contributed by atoms with Crippen molar-refractivity contribution in [3.8, 4) is 6.01 Å². The molecule has 0 spiro atoms. The summed E-state index contributed by atoms with van der Waals surface area (Å²) in [5.74, 6) is 0.0295. The second-order valence-corrected chi connectivity index (χ2v) is 5.19. The van der Waals surface area contributed by atoms with Crippen molar-refractivity contribution in [3.05, 3.63) is 35.9 Å². The first-order chi connectivity index (χ1) is 10.2. The second kappa shape index (κ2) is 6.09. The van der Waals surface area contributed by atoms with Crippen LogP contribution in [-0.2, 0) is 11.3 Å². The van der Waals surface area contributed by atoms with Crippen molar-refractivity contribution in [3.63, 3.8) is 0 Å². The van der Waals surface area contributed by atoms with Gasteiger partial charge in [0.15, 0.2) is 0 Å². The number of halogens is 1. The van der Waals surface area contributed by atoms with Crippen molar-refractivity contribution in [1.82, 2.24) is 24.6 Å². The summed E-state index contributed by atoms with van der Waals surface area (Å²) in [7, 11) is 0. The molecule has 0 aromatic carbocycles. The summed E-state index contributed by atoms with van der Waals surface area (Å²) >= 11 is 5.72. The number of likely N-dealkylation sites (tertiary alicyclic amines) is 1. The quantitative estimate of drug-likeness (QED) is 0.843. The van der Waals surface area contributed by atoms with Crippen molar-refractivity contribution in [2.45, 2.75) is 19.1 Å². The van der Waals surface area contributed by atoms with Gasteiger partial charge in [0.05, 0.1) is 24.0 Å². The Morgan fingerprint density at radius 1 is 1.43 bits per heavy atom. The normalized spacial score (nSPS) is 18.0. The minimum atomic E-state index is -0.0900. The summed E-state index contributed by atoms with van der Waals surface area (Å²) in [5.41, 5.74) is 0. The predicted octanol–water partition coefficient (Wildman–Crippen LogP) is 1.01. The van der Waals surface area contributed by atoms with Crippen LogP contribution in [0.25, 0.3) is 0 Å². The van der Waals surface area contributed by atoms with E-state index in [9.17, 15) is 4.79 Å². The van der Waals surface area contributed by atoms with Gasteiger partial charge in [-0.05, 0) is 6.07 Å². The number of nitrogens with zero attached hydrogens (tertiary/aromatic N) is 5. The fraction of sp³-hybridized carbons (Fsp3) is 0.385. The molecule has 110 valence electrons. The fourth-order valence-electron chi connectivity index (χ4n) is 2.19. The maximum Gasteiger partial charge on any atom is 0.316 e. The zero-order valence-electron chi connectivity index (χ0n) is 11.2. The van der Waals surface area contributed by atoms with E-state index in [-0.39, 0.29) is 24.6 Å². The Morgan fingerprint density at radius 2 is 2.24 bits per heavy atom. The number of carbonyl (C=O) groups excluding carboxylic acids is 1. The summed E-state index contributed by atoms with van der Waals surface area (Å²) < 4.78 is 7.26. The average Bonchev–Trinajstić information content (AvgIpc) is 3.13. The van der Waals surface area contributed by atoms with E-state index in [4.69, 9.17) is 16.3 Å². The van der Waals surface area contributed by atoms with Gasteiger partial charge < -0.3 is 9.64 Å². The van der Waals surface area contributed by atoms with Crippen LogP contribution in [-0.4, -0.2) is 49.7 Å². The van der Waals surface area contributed by atoms with Crippen molar-refractivity contribution in [2.75, 3.05) is 13.1 Å². The molecular formula is C13H14ClN5O2. The van der Waals surface area contributed by atoms with E-state index in [1.807, 2.05) is 0 Å². The lowest BCUT2D eigenvalue weighted by Crippen LogP contribution is -2.33. The highest BCUT2D eigenvalue weighted by atomic mass is 35.5. The van der Waals surface area contributed by atoms with Crippen LogP contribution in [0, 0.1) is 0 Å². The molecule has 3 rings (SSSR count). The number of amides is 1. The number of carbonyl (C=O) groups is 1. The highest BCUT2D eigenvalue weighted by molar-refractivity contribution is 6.30. The third-order valence-electron chi connectivity index (χ3n) is 3.22. The number of aromatic nitrogens is 4.